The molecule has 3 nitrogen and oxygen atoms in total. The van der Waals surface area contributed by atoms with E-state index in [4.69, 9.17) is 5.11 Å². The Morgan fingerprint density at radius 3 is 2.53 bits per heavy atom. The van der Waals surface area contributed by atoms with E-state index < -0.39 is 12.1 Å². The lowest BCUT2D eigenvalue weighted by atomic mass is 9.97. The molecule has 0 aliphatic rings. The summed E-state index contributed by atoms with van der Waals surface area (Å²) in [6.07, 6.45) is 0.391. The van der Waals surface area contributed by atoms with Crippen LogP contribution in [0.25, 0.3) is 10.8 Å². The normalized spacial score (nSPS) is 12.5. The number of hydrogen-bond donors (Lipinski definition) is 2. The van der Waals surface area contributed by atoms with Crippen molar-refractivity contribution in [1.82, 2.24) is 0 Å². The van der Waals surface area contributed by atoms with Crippen LogP contribution in [0.4, 0.5) is 0 Å². The van der Waals surface area contributed by atoms with Crippen molar-refractivity contribution in [2.24, 2.45) is 0 Å². The summed E-state index contributed by atoms with van der Waals surface area (Å²) in [7, 11) is 0. The number of halogens is 1. The van der Waals surface area contributed by atoms with Gasteiger partial charge in [-0.2, -0.15) is 0 Å². The minimum absolute atomic E-state index is 0.0888. The third-order valence-corrected chi connectivity index (χ3v) is 3.82. The summed E-state index contributed by atoms with van der Waals surface area (Å²) in [6.45, 7) is 0. The Kier molecular flexibility index (Phi) is 4.56. The summed E-state index contributed by atoms with van der Waals surface area (Å²) >= 11 is 3.49. The van der Waals surface area contributed by atoms with Crippen LogP contribution in [0, 0.1) is 0 Å². The maximum atomic E-state index is 10.5. The van der Waals surface area contributed by atoms with Crippen LogP contribution < -0.4 is 0 Å². The highest BCUT2D eigenvalue weighted by molar-refractivity contribution is 9.10. The van der Waals surface area contributed by atoms with Gasteiger partial charge in [0.2, 0.25) is 0 Å². The molecule has 2 aromatic carbocycles. The van der Waals surface area contributed by atoms with Crippen molar-refractivity contribution in [2.45, 2.75) is 25.4 Å². The number of fused-ring (bicyclic) bond motifs is 1. The van der Waals surface area contributed by atoms with Gasteiger partial charge in [-0.1, -0.05) is 46.3 Å². The van der Waals surface area contributed by atoms with Gasteiger partial charge in [0, 0.05) is 10.9 Å². The van der Waals surface area contributed by atoms with E-state index in [-0.39, 0.29) is 6.42 Å². The standard InChI is InChI=1S/C15H15BrO3/c16-13-9-8-12(10-4-1-2-5-11(10)13)14(17)6-3-7-15(18)19/h1-2,4-5,8-9,14,17H,3,6-7H2,(H,18,19). The molecule has 1 atom stereocenters. The lowest BCUT2D eigenvalue weighted by molar-refractivity contribution is -0.137. The number of carboxylic acid groups (broad SMARTS) is 1. The molecule has 0 aliphatic carbocycles. The highest BCUT2D eigenvalue weighted by atomic mass is 79.9. The van der Waals surface area contributed by atoms with Gasteiger partial charge in [-0.25, -0.2) is 0 Å². The van der Waals surface area contributed by atoms with Gasteiger partial charge in [0.1, 0.15) is 0 Å². The predicted octanol–water partition coefficient (Wildman–Crippen LogP) is 3.89. The van der Waals surface area contributed by atoms with Crippen molar-refractivity contribution in [2.75, 3.05) is 0 Å². The van der Waals surface area contributed by atoms with Gasteiger partial charge in [-0.15, -0.1) is 0 Å². The fourth-order valence-electron chi connectivity index (χ4n) is 2.18. The molecule has 2 rings (SSSR count). The van der Waals surface area contributed by atoms with Crippen molar-refractivity contribution in [3.05, 3.63) is 46.4 Å². The number of aliphatic carboxylic acids is 1. The molecule has 0 saturated heterocycles. The molecular weight excluding hydrogens is 308 g/mol. The van der Waals surface area contributed by atoms with E-state index in [9.17, 15) is 9.90 Å². The van der Waals surface area contributed by atoms with Crippen molar-refractivity contribution in [1.29, 1.82) is 0 Å². The Labute approximate surface area is 120 Å². The Bertz CT molecular complexity index is 595. The minimum Gasteiger partial charge on any atom is -0.481 e. The molecule has 0 saturated carbocycles. The van der Waals surface area contributed by atoms with Crippen LogP contribution in [0.5, 0.6) is 0 Å². The van der Waals surface area contributed by atoms with E-state index in [1.807, 2.05) is 36.4 Å². The number of aliphatic hydroxyl groups is 1. The maximum absolute atomic E-state index is 10.5. The Morgan fingerprint density at radius 1 is 1.16 bits per heavy atom. The summed E-state index contributed by atoms with van der Waals surface area (Å²) < 4.78 is 0.990. The van der Waals surface area contributed by atoms with E-state index in [2.05, 4.69) is 15.9 Å². The number of rotatable bonds is 5. The average molecular weight is 323 g/mol. The van der Waals surface area contributed by atoms with Crippen molar-refractivity contribution < 1.29 is 15.0 Å². The van der Waals surface area contributed by atoms with Crippen molar-refractivity contribution in [3.63, 3.8) is 0 Å². The summed E-state index contributed by atoms with van der Waals surface area (Å²) in [5, 5.41) is 20.9. The quantitative estimate of drug-likeness (QED) is 0.878. The predicted molar refractivity (Wildman–Crippen MR) is 78.1 cm³/mol. The molecule has 0 heterocycles. The third-order valence-electron chi connectivity index (χ3n) is 3.13. The van der Waals surface area contributed by atoms with E-state index in [0.29, 0.717) is 12.8 Å². The molecule has 100 valence electrons. The number of carbonyl (C=O) groups is 1. The minimum atomic E-state index is -0.826. The van der Waals surface area contributed by atoms with Crippen LogP contribution in [0.3, 0.4) is 0 Å². The molecule has 0 aliphatic heterocycles. The highest BCUT2D eigenvalue weighted by Crippen LogP contribution is 2.31. The Balaban J connectivity index is 2.24. The fourth-order valence-corrected chi connectivity index (χ4v) is 2.66. The average Bonchev–Trinajstić information content (AvgIpc) is 2.39. The fraction of sp³-hybridized carbons (Fsp3) is 0.267. The number of carboxylic acids is 1. The number of benzene rings is 2. The molecular formula is C15H15BrO3. The lowest BCUT2D eigenvalue weighted by Crippen LogP contribution is -2.01. The first-order valence-electron chi connectivity index (χ1n) is 6.16. The van der Waals surface area contributed by atoms with Crippen molar-refractivity contribution in [3.8, 4) is 0 Å². The van der Waals surface area contributed by atoms with Crippen LogP contribution >= 0.6 is 15.9 Å². The summed E-state index contributed by atoms with van der Waals surface area (Å²) in [4.78, 5) is 10.5. The van der Waals surface area contributed by atoms with E-state index in [1.54, 1.807) is 0 Å². The van der Waals surface area contributed by atoms with Gasteiger partial charge in [0.25, 0.3) is 0 Å². The van der Waals surface area contributed by atoms with Crippen LogP contribution in [0.15, 0.2) is 40.9 Å². The summed E-state index contributed by atoms with van der Waals surface area (Å²) in [5.41, 5.74) is 0.851. The van der Waals surface area contributed by atoms with Gasteiger partial charge < -0.3 is 10.2 Å². The van der Waals surface area contributed by atoms with E-state index in [0.717, 1.165) is 20.8 Å². The van der Waals surface area contributed by atoms with E-state index >= 15 is 0 Å². The Morgan fingerprint density at radius 2 is 1.84 bits per heavy atom. The van der Waals surface area contributed by atoms with Crippen LogP contribution in [0.2, 0.25) is 0 Å². The molecule has 0 bridgehead atoms. The van der Waals surface area contributed by atoms with Gasteiger partial charge in [-0.3, -0.25) is 4.79 Å². The molecule has 1 unspecified atom stereocenters. The monoisotopic (exact) mass is 322 g/mol. The lowest BCUT2D eigenvalue weighted by Gasteiger charge is -2.14. The maximum Gasteiger partial charge on any atom is 0.303 e. The Hall–Kier alpha value is -1.39. The SMILES string of the molecule is O=C(O)CCCC(O)c1ccc(Br)c2ccccc12. The molecule has 0 amide bonds. The topological polar surface area (TPSA) is 57.5 Å². The second kappa shape index (κ2) is 6.17. The largest absolute Gasteiger partial charge is 0.481 e. The smallest absolute Gasteiger partial charge is 0.303 e. The summed E-state index contributed by atoms with van der Waals surface area (Å²) in [6, 6.07) is 11.6. The third kappa shape index (κ3) is 3.33. The van der Waals surface area contributed by atoms with E-state index in [1.165, 1.54) is 0 Å². The van der Waals surface area contributed by atoms with Crippen molar-refractivity contribution >= 4 is 32.7 Å². The van der Waals surface area contributed by atoms with Gasteiger partial charge in [-0.05, 0) is 35.2 Å². The second-order valence-corrected chi connectivity index (χ2v) is 5.34. The second-order valence-electron chi connectivity index (χ2n) is 4.48. The van der Waals surface area contributed by atoms with Crippen LogP contribution in [0.1, 0.15) is 30.9 Å². The molecule has 2 N–H and O–H groups in total. The zero-order valence-electron chi connectivity index (χ0n) is 10.3. The van der Waals surface area contributed by atoms with Gasteiger partial charge >= 0.3 is 5.97 Å². The molecule has 0 fully saturated rings. The first-order chi connectivity index (χ1) is 9.09. The molecule has 19 heavy (non-hydrogen) atoms. The number of aliphatic hydroxyl groups excluding tert-OH is 1. The van der Waals surface area contributed by atoms with Gasteiger partial charge in [0.15, 0.2) is 0 Å². The first-order valence-corrected chi connectivity index (χ1v) is 6.96. The molecule has 0 spiro atoms. The van der Waals surface area contributed by atoms with Gasteiger partial charge in [0.05, 0.1) is 6.10 Å². The first kappa shape index (κ1) is 14.0. The van der Waals surface area contributed by atoms with Crippen LogP contribution in [-0.4, -0.2) is 16.2 Å². The molecule has 4 heteroatoms. The molecule has 2 aromatic rings. The summed E-state index contributed by atoms with van der Waals surface area (Å²) in [5.74, 6) is -0.826. The molecule has 0 aromatic heterocycles. The number of hydrogen-bond acceptors (Lipinski definition) is 2. The molecule has 0 radical (unpaired) electrons. The van der Waals surface area contributed by atoms with Crippen LogP contribution in [-0.2, 0) is 4.79 Å². The highest BCUT2D eigenvalue weighted by Gasteiger charge is 2.12. The zero-order valence-corrected chi connectivity index (χ0v) is 11.9. The zero-order chi connectivity index (χ0) is 13.8.